The molecule has 0 saturated heterocycles. The molecule has 3 heteroatoms. The Balaban J connectivity index is 2.39. The molecule has 0 heterocycles. The number of fused-ring (bicyclic) bond motifs is 1. The maximum absolute atomic E-state index is 6.74. The van der Waals surface area contributed by atoms with E-state index in [4.69, 9.17) is 4.43 Å². The van der Waals surface area contributed by atoms with E-state index in [2.05, 4.69) is 81.8 Å². The molecule has 1 aromatic rings. The summed E-state index contributed by atoms with van der Waals surface area (Å²) in [5.74, 6) is 0. The van der Waals surface area contributed by atoms with E-state index in [0.717, 1.165) is 10.9 Å². The Bertz CT molecular complexity index is 529. The highest BCUT2D eigenvalue weighted by molar-refractivity contribution is 9.10. The summed E-state index contributed by atoms with van der Waals surface area (Å²) in [6.07, 6.45) is 2.58. The summed E-state index contributed by atoms with van der Waals surface area (Å²) in [4.78, 5) is 0. The molecule has 1 nitrogen and oxygen atoms in total. The molecule has 0 bridgehead atoms. The van der Waals surface area contributed by atoms with Crippen LogP contribution in [0.15, 0.2) is 22.7 Å². The Labute approximate surface area is 139 Å². The molecule has 1 atom stereocenters. The minimum atomic E-state index is -1.74. The smallest absolute Gasteiger partial charge is 0.192 e. The fourth-order valence-electron chi connectivity index (χ4n) is 2.85. The first-order valence-electron chi connectivity index (χ1n) is 7.92. The van der Waals surface area contributed by atoms with Crippen LogP contribution in [0.3, 0.4) is 0 Å². The molecule has 0 spiro atoms. The van der Waals surface area contributed by atoms with Crippen LogP contribution in [0.4, 0.5) is 0 Å². The van der Waals surface area contributed by atoms with Gasteiger partial charge in [0.05, 0.1) is 6.10 Å². The number of hydrogen-bond acceptors (Lipinski definition) is 1. The van der Waals surface area contributed by atoms with Crippen LogP contribution in [-0.2, 0) is 9.84 Å². The van der Waals surface area contributed by atoms with Crippen LogP contribution < -0.4 is 0 Å². The highest BCUT2D eigenvalue weighted by Gasteiger charge is 2.42. The van der Waals surface area contributed by atoms with Crippen molar-refractivity contribution < 1.29 is 4.43 Å². The van der Waals surface area contributed by atoms with Gasteiger partial charge in [0.15, 0.2) is 8.32 Å². The molecular weight excluding hydrogens is 340 g/mol. The van der Waals surface area contributed by atoms with Gasteiger partial charge in [0, 0.05) is 4.47 Å². The summed E-state index contributed by atoms with van der Waals surface area (Å²) in [6, 6.07) is 6.71. The first kappa shape index (κ1) is 17.2. The Hall–Kier alpha value is -0.123. The third-order valence-electron chi connectivity index (χ3n) is 5.36. The number of hydrogen-bond donors (Lipinski definition) is 0. The van der Waals surface area contributed by atoms with Crippen LogP contribution >= 0.6 is 15.9 Å². The Morgan fingerprint density at radius 3 is 2.43 bits per heavy atom. The van der Waals surface area contributed by atoms with Gasteiger partial charge in [0.1, 0.15) is 0 Å². The van der Waals surface area contributed by atoms with E-state index in [9.17, 15) is 0 Å². The lowest BCUT2D eigenvalue weighted by atomic mass is 9.72. The van der Waals surface area contributed by atoms with Crippen LogP contribution in [0.1, 0.15) is 64.7 Å². The second-order valence-electron chi connectivity index (χ2n) is 8.52. The van der Waals surface area contributed by atoms with E-state index < -0.39 is 8.32 Å². The molecule has 2 rings (SSSR count). The molecule has 118 valence electrons. The summed E-state index contributed by atoms with van der Waals surface area (Å²) in [5, 5.41) is 0.256. The average Bonchev–Trinajstić information content (AvgIpc) is 2.31. The van der Waals surface area contributed by atoms with Crippen molar-refractivity contribution >= 4 is 24.2 Å². The van der Waals surface area contributed by atoms with E-state index in [1.807, 2.05) is 0 Å². The van der Waals surface area contributed by atoms with Crippen LogP contribution in [0.5, 0.6) is 0 Å². The zero-order chi connectivity index (χ0) is 16.1. The fourth-order valence-corrected chi connectivity index (χ4v) is 4.54. The van der Waals surface area contributed by atoms with Gasteiger partial charge in [0.25, 0.3) is 0 Å². The molecule has 0 N–H and O–H groups in total. The van der Waals surface area contributed by atoms with Gasteiger partial charge in [-0.05, 0) is 59.6 Å². The Kier molecular flexibility index (Phi) is 4.52. The van der Waals surface area contributed by atoms with Crippen molar-refractivity contribution in [2.45, 2.75) is 77.1 Å². The van der Waals surface area contributed by atoms with Gasteiger partial charge in [-0.1, -0.05) is 56.6 Å². The lowest BCUT2D eigenvalue weighted by Crippen LogP contribution is -2.43. The van der Waals surface area contributed by atoms with Crippen LogP contribution in [0, 0.1) is 0 Å². The standard InChI is InChI=1S/C18H29BrOSi/c1-17(2,3)21(6,7)20-16-10-11-18(4,5)15-9-8-13(19)12-14(15)16/h8-9,12,16H,10-11H2,1-7H3. The van der Waals surface area contributed by atoms with Crippen molar-refractivity contribution in [1.29, 1.82) is 0 Å². The first-order valence-corrected chi connectivity index (χ1v) is 11.6. The molecule has 0 saturated carbocycles. The molecule has 0 fully saturated rings. The van der Waals surface area contributed by atoms with Gasteiger partial charge >= 0.3 is 0 Å². The van der Waals surface area contributed by atoms with E-state index in [1.54, 1.807) is 0 Å². The molecule has 1 unspecified atom stereocenters. The van der Waals surface area contributed by atoms with Crippen LogP contribution in [0.2, 0.25) is 18.1 Å². The van der Waals surface area contributed by atoms with Gasteiger partial charge in [-0.3, -0.25) is 0 Å². The van der Waals surface area contributed by atoms with Crippen molar-refractivity contribution in [1.82, 2.24) is 0 Å². The third kappa shape index (κ3) is 3.46. The van der Waals surface area contributed by atoms with E-state index in [0.29, 0.717) is 0 Å². The van der Waals surface area contributed by atoms with Gasteiger partial charge < -0.3 is 4.43 Å². The molecule has 0 amide bonds. The van der Waals surface area contributed by atoms with Crippen molar-refractivity contribution in [3.05, 3.63) is 33.8 Å². The molecule has 0 aromatic heterocycles. The lowest BCUT2D eigenvalue weighted by molar-refractivity contribution is 0.146. The van der Waals surface area contributed by atoms with Gasteiger partial charge in [-0.2, -0.15) is 0 Å². The number of benzene rings is 1. The zero-order valence-electron chi connectivity index (χ0n) is 14.5. The van der Waals surface area contributed by atoms with Crippen molar-refractivity contribution in [3.63, 3.8) is 0 Å². The maximum atomic E-state index is 6.74. The predicted octanol–water partition coefficient (Wildman–Crippen LogP) is 6.58. The molecule has 1 aromatic carbocycles. The molecule has 1 aliphatic rings. The largest absolute Gasteiger partial charge is 0.410 e. The molecule has 21 heavy (non-hydrogen) atoms. The monoisotopic (exact) mass is 368 g/mol. The molecule has 0 radical (unpaired) electrons. The van der Waals surface area contributed by atoms with Crippen molar-refractivity contribution in [2.75, 3.05) is 0 Å². The van der Waals surface area contributed by atoms with Crippen molar-refractivity contribution in [3.8, 4) is 0 Å². The van der Waals surface area contributed by atoms with E-state index in [1.165, 1.54) is 17.5 Å². The SMILES string of the molecule is CC1(C)CCC(O[Si](C)(C)C(C)(C)C)c2cc(Br)ccc21. The number of rotatable bonds is 2. The highest BCUT2D eigenvalue weighted by Crippen LogP contribution is 2.47. The molecule has 1 aliphatic carbocycles. The quantitative estimate of drug-likeness (QED) is 0.535. The highest BCUT2D eigenvalue weighted by atomic mass is 79.9. The zero-order valence-corrected chi connectivity index (χ0v) is 17.1. The van der Waals surface area contributed by atoms with Crippen LogP contribution in [-0.4, -0.2) is 8.32 Å². The Morgan fingerprint density at radius 1 is 1.24 bits per heavy atom. The minimum Gasteiger partial charge on any atom is -0.410 e. The predicted molar refractivity (Wildman–Crippen MR) is 97.4 cm³/mol. The third-order valence-corrected chi connectivity index (χ3v) is 10.3. The number of halogens is 1. The Morgan fingerprint density at radius 2 is 1.86 bits per heavy atom. The second-order valence-corrected chi connectivity index (χ2v) is 14.2. The summed E-state index contributed by atoms with van der Waals surface area (Å²) in [7, 11) is -1.74. The topological polar surface area (TPSA) is 9.23 Å². The lowest BCUT2D eigenvalue weighted by Gasteiger charge is -2.44. The summed E-state index contributed by atoms with van der Waals surface area (Å²) >= 11 is 3.63. The maximum Gasteiger partial charge on any atom is 0.192 e. The van der Waals surface area contributed by atoms with E-state index >= 15 is 0 Å². The summed E-state index contributed by atoms with van der Waals surface area (Å²) in [6.45, 7) is 16.3. The summed E-state index contributed by atoms with van der Waals surface area (Å²) < 4.78 is 7.89. The van der Waals surface area contributed by atoms with Crippen LogP contribution in [0.25, 0.3) is 0 Å². The molecule has 0 aliphatic heterocycles. The van der Waals surface area contributed by atoms with Gasteiger partial charge in [-0.15, -0.1) is 0 Å². The average molecular weight is 369 g/mol. The minimum absolute atomic E-state index is 0.253. The molecular formula is C18H29BrOSi. The second kappa shape index (κ2) is 5.50. The normalized spacial score (nSPS) is 22.0. The van der Waals surface area contributed by atoms with E-state index in [-0.39, 0.29) is 16.6 Å². The summed E-state index contributed by atoms with van der Waals surface area (Å²) in [5.41, 5.74) is 3.11. The van der Waals surface area contributed by atoms with Gasteiger partial charge in [-0.25, -0.2) is 0 Å². The fraction of sp³-hybridized carbons (Fsp3) is 0.667. The van der Waals surface area contributed by atoms with Crippen molar-refractivity contribution in [2.24, 2.45) is 0 Å². The first-order chi connectivity index (χ1) is 9.44. The van der Waals surface area contributed by atoms with Gasteiger partial charge in [0.2, 0.25) is 0 Å².